The van der Waals surface area contributed by atoms with Crippen LogP contribution in [0, 0.1) is 0 Å². The number of nitrogens with one attached hydrogen (secondary N) is 1. The number of dihydropyridines is 1. The van der Waals surface area contributed by atoms with Gasteiger partial charge in [-0.3, -0.25) is 4.79 Å². The van der Waals surface area contributed by atoms with Crippen molar-refractivity contribution in [2.24, 2.45) is 0 Å². The Bertz CT molecular complexity index is 884. The Hall–Kier alpha value is -2.76. The number of Topliss-reactive ketones (excluding diaryl/α,β-unsaturated/α-hetero) is 1. The molecule has 1 aromatic carbocycles. The molecule has 1 N–H and O–H groups in total. The first-order chi connectivity index (χ1) is 14.5. The number of ether oxygens (including phenoxy) is 3. The van der Waals surface area contributed by atoms with Crippen LogP contribution in [-0.2, 0) is 14.3 Å². The monoisotopic (exact) mass is 413 g/mol. The topological polar surface area (TPSA) is 73.9 Å². The van der Waals surface area contributed by atoms with Crippen molar-refractivity contribution in [3.05, 3.63) is 46.3 Å². The molecule has 1 atom stereocenters. The fourth-order valence-electron chi connectivity index (χ4n) is 4.21. The molecule has 1 aliphatic carbocycles. The summed E-state index contributed by atoms with van der Waals surface area (Å²) in [4.78, 5) is 26.0. The van der Waals surface area contributed by atoms with E-state index in [1.54, 1.807) is 14.2 Å². The summed E-state index contributed by atoms with van der Waals surface area (Å²) < 4.78 is 16.4. The Morgan fingerprint density at radius 1 is 1.13 bits per heavy atom. The zero-order valence-electron chi connectivity index (χ0n) is 18.3. The van der Waals surface area contributed by atoms with E-state index in [9.17, 15) is 9.59 Å². The molecule has 0 saturated heterocycles. The quantitative estimate of drug-likeness (QED) is 0.503. The summed E-state index contributed by atoms with van der Waals surface area (Å²) >= 11 is 0. The largest absolute Gasteiger partial charge is 0.493 e. The third kappa shape index (κ3) is 4.37. The number of allylic oxidation sites excluding steroid dienone is 3. The normalized spacial score (nSPS) is 18.7. The Kier molecular flexibility index (Phi) is 7.19. The van der Waals surface area contributed by atoms with Crippen LogP contribution in [0.25, 0.3) is 0 Å². The Morgan fingerprint density at radius 2 is 1.90 bits per heavy atom. The van der Waals surface area contributed by atoms with E-state index in [1.165, 1.54) is 0 Å². The number of hydrogen-bond donors (Lipinski definition) is 1. The van der Waals surface area contributed by atoms with Gasteiger partial charge in [0, 0.05) is 29.3 Å². The van der Waals surface area contributed by atoms with Crippen LogP contribution in [-0.4, -0.2) is 32.6 Å². The van der Waals surface area contributed by atoms with Gasteiger partial charge in [-0.05, 0) is 43.9 Å². The molecule has 1 heterocycles. The maximum atomic E-state index is 13.1. The van der Waals surface area contributed by atoms with E-state index in [4.69, 9.17) is 14.2 Å². The lowest BCUT2D eigenvalue weighted by Gasteiger charge is -2.34. The van der Waals surface area contributed by atoms with Crippen LogP contribution in [0.4, 0.5) is 0 Å². The van der Waals surface area contributed by atoms with Crippen molar-refractivity contribution >= 4 is 11.8 Å². The molecule has 0 amide bonds. The average molecular weight is 414 g/mol. The number of esters is 1. The van der Waals surface area contributed by atoms with Gasteiger partial charge in [-0.25, -0.2) is 4.79 Å². The number of carbonyl (C=O) groups excluding carboxylic acids is 2. The van der Waals surface area contributed by atoms with Crippen molar-refractivity contribution in [1.82, 2.24) is 5.32 Å². The van der Waals surface area contributed by atoms with E-state index in [1.807, 2.05) is 25.1 Å². The first-order valence-corrected chi connectivity index (χ1v) is 10.6. The molecule has 6 heteroatoms. The first kappa shape index (κ1) is 21.9. The van der Waals surface area contributed by atoms with Crippen molar-refractivity contribution < 1.29 is 23.8 Å². The Labute approximate surface area is 178 Å². The van der Waals surface area contributed by atoms with Gasteiger partial charge in [-0.15, -0.1) is 0 Å². The van der Waals surface area contributed by atoms with Gasteiger partial charge in [0.05, 0.1) is 26.4 Å². The summed E-state index contributed by atoms with van der Waals surface area (Å²) in [5, 5.41) is 3.31. The van der Waals surface area contributed by atoms with Gasteiger partial charge in [0.15, 0.2) is 17.3 Å². The highest BCUT2D eigenvalue weighted by Gasteiger charge is 2.39. The molecule has 0 bridgehead atoms. The second-order valence-corrected chi connectivity index (χ2v) is 7.72. The number of carbonyl (C=O) groups is 2. The van der Waals surface area contributed by atoms with Gasteiger partial charge in [-0.1, -0.05) is 25.8 Å². The van der Waals surface area contributed by atoms with Crippen molar-refractivity contribution in [1.29, 1.82) is 0 Å². The third-order valence-electron chi connectivity index (χ3n) is 5.72. The molecule has 0 spiro atoms. The minimum Gasteiger partial charge on any atom is -0.493 e. The van der Waals surface area contributed by atoms with E-state index in [0.29, 0.717) is 35.7 Å². The fourth-order valence-corrected chi connectivity index (χ4v) is 4.21. The van der Waals surface area contributed by atoms with E-state index < -0.39 is 5.92 Å². The van der Waals surface area contributed by atoms with Gasteiger partial charge >= 0.3 is 5.97 Å². The smallest absolute Gasteiger partial charge is 0.336 e. The van der Waals surface area contributed by atoms with Crippen LogP contribution < -0.4 is 14.8 Å². The van der Waals surface area contributed by atoms with Crippen LogP contribution in [0.15, 0.2) is 40.7 Å². The van der Waals surface area contributed by atoms with Crippen molar-refractivity contribution in [2.75, 3.05) is 20.8 Å². The van der Waals surface area contributed by atoms with Crippen LogP contribution >= 0.6 is 0 Å². The SMILES string of the molecule is CCCCCOC(=O)C1=C(C)NC2=C(C(=O)CCC2)[C@@H]1c1ccc(OC)c(OC)c1. The summed E-state index contributed by atoms with van der Waals surface area (Å²) in [6.07, 6.45) is 4.99. The van der Waals surface area contributed by atoms with Gasteiger partial charge < -0.3 is 19.5 Å². The lowest BCUT2D eigenvalue weighted by atomic mass is 9.75. The predicted octanol–water partition coefficient (Wildman–Crippen LogP) is 4.41. The molecule has 1 aromatic rings. The van der Waals surface area contributed by atoms with E-state index >= 15 is 0 Å². The zero-order valence-corrected chi connectivity index (χ0v) is 18.3. The van der Waals surface area contributed by atoms with Crippen LogP contribution in [0.3, 0.4) is 0 Å². The molecular weight excluding hydrogens is 382 g/mol. The summed E-state index contributed by atoms with van der Waals surface area (Å²) in [5.74, 6) is 0.386. The van der Waals surface area contributed by atoms with Gasteiger partial charge in [0.2, 0.25) is 0 Å². The molecule has 0 fully saturated rings. The summed E-state index contributed by atoms with van der Waals surface area (Å²) in [6.45, 7) is 4.36. The summed E-state index contributed by atoms with van der Waals surface area (Å²) in [7, 11) is 3.15. The summed E-state index contributed by atoms with van der Waals surface area (Å²) in [5.41, 5.74) is 3.62. The highest BCUT2D eigenvalue weighted by molar-refractivity contribution is 6.03. The molecule has 1 aliphatic heterocycles. The highest BCUT2D eigenvalue weighted by Crippen LogP contribution is 2.44. The first-order valence-electron chi connectivity index (χ1n) is 10.6. The van der Waals surface area contributed by atoms with Crippen LogP contribution in [0.2, 0.25) is 0 Å². The molecule has 6 nitrogen and oxygen atoms in total. The number of unbranched alkanes of at least 4 members (excludes halogenated alkanes) is 2. The van der Waals surface area contributed by atoms with Crippen LogP contribution in [0.5, 0.6) is 11.5 Å². The molecular formula is C24H31NO5. The Morgan fingerprint density at radius 3 is 2.60 bits per heavy atom. The second-order valence-electron chi connectivity index (χ2n) is 7.72. The standard InChI is InChI=1S/C24H31NO5/c1-5-6-7-13-30-24(27)21-15(2)25-17-9-8-10-18(26)23(17)22(21)16-11-12-19(28-3)20(14-16)29-4/h11-12,14,22,25H,5-10,13H2,1-4H3/t22-/m1/s1. The predicted molar refractivity (Wildman–Crippen MR) is 114 cm³/mol. The van der Waals surface area contributed by atoms with Crippen molar-refractivity contribution in [3.63, 3.8) is 0 Å². The number of hydrogen-bond acceptors (Lipinski definition) is 6. The number of methoxy groups -OCH3 is 2. The van der Waals surface area contributed by atoms with E-state index in [2.05, 4.69) is 12.2 Å². The molecule has 0 saturated carbocycles. The summed E-state index contributed by atoms with van der Waals surface area (Å²) in [6, 6.07) is 5.55. The van der Waals surface area contributed by atoms with Crippen molar-refractivity contribution in [2.45, 2.75) is 58.3 Å². The number of benzene rings is 1. The maximum Gasteiger partial charge on any atom is 0.336 e. The number of rotatable bonds is 8. The minimum absolute atomic E-state index is 0.0762. The maximum absolute atomic E-state index is 13.1. The molecule has 0 unspecified atom stereocenters. The minimum atomic E-state index is -0.479. The fraction of sp³-hybridized carbons (Fsp3) is 0.500. The Balaban J connectivity index is 2.04. The molecule has 2 aliphatic rings. The van der Waals surface area contributed by atoms with Gasteiger partial charge in [-0.2, -0.15) is 0 Å². The number of ketones is 1. The third-order valence-corrected chi connectivity index (χ3v) is 5.72. The molecule has 3 rings (SSSR count). The lowest BCUT2D eigenvalue weighted by Crippen LogP contribution is -2.34. The van der Waals surface area contributed by atoms with Gasteiger partial charge in [0.25, 0.3) is 0 Å². The molecule has 0 radical (unpaired) electrons. The van der Waals surface area contributed by atoms with E-state index in [-0.39, 0.29) is 11.8 Å². The lowest BCUT2D eigenvalue weighted by molar-refractivity contribution is -0.139. The zero-order chi connectivity index (χ0) is 21.7. The average Bonchev–Trinajstić information content (AvgIpc) is 2.75. The van der Waals surface area contributed by atoms with Crippen LogP contribution in [0.1, 0.15) is 63.9 Å². The second kappa shape index (κ2) is 9.83. The molecule has 30 heavy (non-hydrogen) atoms. The molecule has 162 valence electrons. The van der Waals surface area contributed by atoms with Gasteiger partial charge in [0.1, 0.15) is 0 Å². The van der Waals surface area contributed by atoms with E-state index in [0.717, 1.165) is 49.1 Å². The van der Waals surface area contributed by atoms with Crippen molar-refractivity contribution in [3.8, 4) is 11.5 Å². The highest BCUT2D eigenvalue weighted by atomic mass is 16.5. The molecule has 0 aromatic heterocycles.